The lowest BCUT2D eigenvalue weighted by Gasteiger charge is -2.27. The lowest BCUT2D eigenvalue weighted by atomic mass is 9.90. The average molecular weight is 228 g/mol. The van der Waals surface area contributed by atoms with E-state index in [9.17, 15) is 4.79 Å². The molecule has 6 N–H and O–H groups in total. The molecule has 1 aliphatic heterocycles. The Kier molecular flexibility index (Phi) is 5.04. The zero-order valence-electron chi connectivity index (χ0n) is 9.35. The van der Waals surface area contributed by atoms with E-state index in [-0.39, 0.29) is 30.4 Å². The van der Waals surface area contributed by atoms with Gasteiger partial charge in [-0.3, -0.25) is 9.79 Å². The monoisotopic (exact) mass is 228 g/mol. The predicted octanol–water partition coefficient (Wildman–Crippen LogP) is -1.07. The number of aliphatic hydroxyl groups excluding tert-OH is 1. The van der Waals surface area contributed by atoms with Crippen LogP contribution in [0.2, 0.25) is 0 Å². The smallest absolute Gasteiger partial charge is 0.223 e. The predicted molar refractivity (Wildman–Crippen MR) is 61.7 cm³/mol. The number of amides is 1. The van der Waals surface area contributed by atoms with Crippen molar-refractivity contribution in [3.8, 4) is 0 Å². The molecule has 92 valence electrons. The minimum Gasteiger partial charge on any atom is -0.394 e. The van der Waals surface area contributed by atoms with E-state index in [1.165, 1.54) is 0 Å². The van der Waals surface area contributed by atoms with Crippen molar-refractivity contribution in [3.63, 3.8) is 0 Å². The van der Waals surface area contributed by atoms with Crippen molar-refractivity contribution in [2.45, 2.75) is 31.7 Å². The Morgan fingerprint density at radius 1 is 1.50 bits per heavy atom. The number of piperidine rings is 1. The van der Waals surface area contributed by atoms with Gasteiger partial charge in [-0.25, -0.2) is 0 Å². The summed E-state index contributed by atoms with van der Waals surface area (Å²) in [6.45, 7) is 0.585. The molecule has 0 aromatic carbocycles. The Bertz CT molecular complexity index is 264. The van der Waals surface area contributed by atoms with Crippen molar-refractivity contribution in [1.29, 1.82) is 0 Å². The van der Waals surface area contributed by atoms with Crippen LogP contribution in [0, 0.1) is 5.92 Å². The lowest BCUT2D eigenvalue weighted by Crippen LogP contribution is -2.45. The molecular weight excluding hydrogens is 208 g/mol. The Balaban J connectivity index is 2.23. The van der Waals surface area contributed by atoms with Crippen molar-refractivity contribution < 1.29 is 9.90 Å². The lowest BCUT2D eigenvalue weighted by molar-refractivity contribution is -0.128. The van der Waals surface area contributed by atoms with Crippen LogP contribution in [0.15, 0.2) is 4.99 Å². The number of nitrogens with two attached hydrogens (primary N) is 2. The van der Waals surface area contributed by atoms with Crippen LogP contribution in [0.25, 0.3) is 0 Å². The second-order valence-corrected chi connectivity index (χ2v) is 4.11. The van der Waals surface area contributed by atoms with Gasteiger partial charge in [0.1, 0.15) is 0 Å². The van der Waals surface area contributed by atoms with Crippen LogP contribution in [0.4, 0.5) is 0 Å². The highest BCUT2D eigenvalue weighted by molar-refractivity contribution is 5.79. The maximum Gasteiger partial charge on any atom is 0.223 e. The summed E-state index contributed by atoms with van der Waals surface area (Å²) in [5.41, 5.74) is 10.4. The van der Waals surface area contributed by atoms with E-state index in [1.807, 2.05) is 0 Å². The van der Waals surface area contributed by atoms with E-state index in [2.05, 4.69) is 10.3 Å². The van der Waals surface area contributed by atoms with Crippen LogP contribution < -0.4 is 16.8 Å². The molecule has 1 amide bonds. The Morgan fingerprint density at radius 2 is 2.25 bits per heavy atom. The van der Waals surface area contributed by atoms with Crippen molar-refractivity contribution >= 4 is 11.9 Å². The van der Waals surface area contributed by atoms with E-state index >= 15 is 0 Å². The third kappa shape index (κ3) is 4.06. The van der Waals surface area contributed by atoms with Crippen LogP contribution in [0.5, 0.6) is 0 Å². The summed E-state index contributed by atoms with van der Waals surface area (Å²) in [5, 5.41) is 11.7. The van der Waals surface area contributed by atoms with Crippen LogP contribution in [0.1, 0.15) is 25.7 Å². The number of aliphatic imine (C=N–C) groups is 1. The zero-order chi connectivity index (χ0) is 12.0. The standard InChI is InChI=1S/C10H20N4O2/c11-10(12)13-5-1-2-7-3-4-8(6-15)14-9(7)16/h7-8,15H,1-6H2,(H,14,16)(H4,11,12,13)/t7-,8-/m1/s1. The third-order valence-corrected chi connectivity index (χ3v) is 2.81. The molecular formula is C10H20N4O2. The first-order chi connectivity index (χ1) is 7.63. The van der Waals surface area contributed by atoms with Crippen molar-refractivity contribution in [3.05, 3.63) is 0 Å². The van der Waals surface area contributed by atoms with Crippen LogP contribution >= 0.6 is 0 Å². The second kappa shape index (κ2) is 6.32. The van der Waals surface area contributed by atoms with Gasteiger partial charge in [-0.15, -0.1) is 0 Å². The normalized spacial score (nSPS) is 24.9. The van der Waals surface area contributed by atoms with Gasteiger partial charge in [0.25, 0.3) is 0 Å². The first kappa shape index (κ1) is 12.8. The molecule has 0 spiro atoms. The maximum atomic E-state index is 11.6. The average Bonchev–Trinajstić information content (AvgIpc) is 2.25. The number of carbonyl (C=O) groups excluding carboxylic acids is 1. The highest BCUT2D eigenvalue weighted by Gasteiger charge is 2.26. The van der Waals surface area contributed by atoms with Gasteiger partial charge in [0.2, 0.25) is 5.91 Å². The van der Waals surface area contributed by atoms with Crippen molar-refractivity contribution in [2.75, 3.05) is 13.2 Å². The fraction of sp³-hybridized carbons (Fsp3) is 0.800. The van der Waals surface area contributed by atoms with Crippen molar-refractivity contribution in [1.82, 2.24) is 5.32 Å². The van der Waals surface area contributed by atoms with Gasteiger partial charge in [-0.1, -0.05) is 0 Å². The fourth-order valence-corrected chi connectivity index (χ4v) is 1.88. The number of aliphatic hydroxyl groups is 1. The van der Waals surface area contributed by atoms with Gasteiger partial charge in [0.05, 0.1) is 12.6 Å². The number of hydrogen-bond acceptors (Lipinski definition) is 3. The second-order valence-electron chi connectivity index (χ2n) is 4.11. The molecule has 1 heterocycles. The molecule has 1 rings (SSSR count). The number of nitrogens with zero attached hydrogens (tertiary/aromatic N) is 1. The van der Waals surface area contributed by atoms with E-state index in [1.54, 1.807) is 0 Å². The van der Waals surface area contributed by atoms with E-state index in [0.717, 1.165) is 25.7 Å². The molecule has 0 radical (unpaired) electrons. The Morgan fingerprint density at radius 3 is 2.81 bits per heavy atom. The highest BCUT2D eigenvalue weighted by atomic mass is 16.3. The molecule has 0 bridgehead atoms. The molecule has 0 aromatic rings. The SMILES string of the molecule is NC(N)=NCCC[C@@H]1CC[C@H](CO)NC1=O. The topological polar surface area (TPSA) is 114 Å². The quantitative estimate of drug-likeness (QED) is 0.272. The molecule has 16 heavy (non-hydrogen) atoms. The summed E-state index contributed by atoms with van der Waals surface area (Å²) >= 11 is 0. The first-order valence-corrected chi connectivity index (χ1v) is 5.60. The van der Waals surface area contributed by atoms with Crippen LogP contribution in [-0.4, -0.2) is 36.2 Å². The summed E-state index contributed by atoms with van der Waals surface area (Å²) in [5.74, 6) is 0.167. The molecule has 0 aromatic heterocycles. The van der Waals surface area contributed by atoms with Gasteiger partial charge < -0.3 is 21.9 Å². The van der Waals surface area contributed by atoms with Gasteiger partial charge in [-0.05, 0) is 25.7 Å². The van der Waals surface area contributed by atoms with Gasteiger partial charge in [-0.2, -0.15) is 0 Å². The molecule has 1 saturated heterocycles. The number of hydrogen-bond donors (Lipinski definition) is 4. The minimum absolute atomic E-state index is 0.0203. The van der Waals surface area contributed by atoms with Gasteiger partial charge in [0, 0.05) is 12.5 Å². The van der Waals surface area contributed by atoms with Crippen LogP contribution in [0.3, 0.4) is 0 Å². The molecule has 2 atom stereocenters. The molecule has 6 heteroatoms. The van der Waals surface area contributed by atoms with Gasteiger partial charge >= 0.3 is 0 Å². The highest BCUT2D eigenvalue weighted by Crippen LogP contribution is 2.20. The van der Waals surface area contributed by atoms with Crippen LogP contribution in [-0.2, 0) is 4.79 Å². The molecule has 6 nitrogen and oxygen atoms in total. The third-order valence-electron chi connectivity index (χ3n) is 2.81. The van der Waals surface area contributed by atoms with E-state index in [0.29, 0.717) is 6.54 Å². The summed E-state index contributed by atoms with van der Waals surface area (Å²) in [6, 6.07) is -0.0681. The molecule has 1 fully saturated rings. The van der Waals surface area contributed by atoms with Crippen molar-refractivity contribution in [2.24, 2.45) is 22.4 Å². The Hall–Kier alpha value is -1.30. The zero-order valence-corrected chi connectivity index (χ0v) is 9.35. The Labute approximate surface area is 95.1 Å². The summed E-state index contributed by atoms with van der Waals surface area (Å²) in [4.78, 5) is 15.4. The summed E-state index contributed by atoms with van der Waals surface area (Å²) < 4.78 is 0. The van der Waals surface area contributed by atoms with Gasteiger partial charge in [0.15, 0.2) is 5.96 Å². The molecule has 0 saturated carbocycles. The largest absolute Gasteiger partial charge is 0.394 e. The molecule has 0 aliphatic carbocycles. The molecule has 1 aliphatic rings. The summed E-state index contributed by atoms with van der Waals surface area (Å²) in [6.07, 6.45) is 3.27. The number of guanidine groups is 1. The number of rotatable bonds is 5. The van der Waals surface area contributed by atoms with E-state index < -0.39 is 0 Å². The number of carbonyl (C=O) groups is 1. The first-order valence-electron chi connectivity index (χ1n) is 5.60. The summed E-state index contributed by atoms with van der Waals surface area (Å²) in [7, 11) is 0. The fourth-order valence-electron chi connectivity index (χ4n) is 1.88. The minimum atomic E-state index is -0.0681. The number of nitrogens with one attached hydrogen (secondary N) is 1. The molecule has 0 unspecified atom stereocenters. The van der Waals surface area contributed by atoms with E-state index in [4.69, 9.17) is 16.6 Å². The maximum absolute atomic E-state index is 11.6.